The van der Waals surface area contributed by atoms with Crippen LogP contribution in [0.5, 0.6) is 0 Å². The number of unbranched alkanes of at least 4 members (excludes halogenated alkanes) is 1. The number of para-hydroxylation sites is 2. The Labute approximate surface area is 297 Å². The molecule has 0 saturated carbocycles. The third-order valence-corrected chi connectivity index (χ3v) is 8.99. The molecule has 3 aromatic carbocycles. The van der Waals surface area contributed by atoms with Crippen LogP contribution >= 0.6 is 0 Å². The third kappa shape index (κ3) is 9.43. The lowest BCUT2D eigenvalue weighted by atomic mass is 9.97. The molecule has 2 aliphatic rings. The molecule has 10 heteroatoms. The van der Waals surface area contributed by atoms with Gasteiger partial charge < -0.3 is 24.8 Å². The van der Waals surface area contributed by atoms with Gasteiger partial charge in [-0.1, -0.05) is 66.7 Å². The highest BCUT2D eigenvalue weighted by Gasteiger charge is 2.46. The number of urea groups is 1. The lowest BCUT2D eigenvalue weighted by molar-refractivity contribution is -0.131. The number of aryl methyl sites for hydroxylation is 1. The van der Waals surface area contributed by atoms with Crippen LogP contribution in [0.15, 0.2) is 91.0 Å². The SMILES string of the molecule is CC(C)(C)OC(=O)N1CCN(c2ccccc2)C(=O)C1(C)C.CC1(C)C(=O)N(c2ccccc2)CCN1C(=O)NCCCCc1ccccc1. The minimum Gasteiger partial charge on any atom is -0.444 e. The highest BCUT2D eigenvalue weighted by atomic mass is 16.6. The van der Waals surface area contributed by atoms with E-state index in [1.807, 2.05) is 113 Å². The number of amides is 5. The Balaban J connectivity index is 0.000000232. The van der Waals surface area contributed by atoms with E-state index in [2.05, 4.69) is 17.4 Å². The molecule has 0 bridgehead atoms. The van der Waals surface area contributed by atoms with Crippen molar-refractivity contribution in [1.29, 1.82) is 0 Å². The van der Waals surface area contributed by atoms with Gasteiger partial charge in [0.05, 0.1) is 0 Å². The zero-order chi connectivity index (χ0) is 36.5. The van der Waals surface area contributed by atoms with E-state index in [-0.39, 0.29) is 17.8 Å². The highest BCUT2D eigenvalue weighted by molar-refractivity contribution is 6.03. The number of nitrogens with one attached hydrogen (secondary N) is 1. The molecule has 2 fully saturated rings. The molecule has 1 N–H and O–H groups in total. The highest BCUT2D eigenvalue weighted by Crippen LogP contribution is 2.29. The van der Waals surface area contributed by atoms with Crippen LogP contribution in [0.4, 0.5) is 21.0 Å². The number of nitrogens with zero attached hydrogens (tertiary/aromatic N) is 4. The van der Waals surface area contributed by atoms with Crippen LogP contribution in [-0.4, -0.2) is 83.1 Å². The van der Waals surface area contributed by atoms with E-state index in [0.29, 0.717) is 32.7 Å². The summed E-state index contributed by atoms with van der Waals surface area (Å²) in [6.45, 7) is 15.2. The van der Waals surface area contributed by atoms with Crippen molar-refractivity contribution < 1.29 is 23.9 Å². The third-order valence-electron chi connectivity index (χ3n) is 8.99. The molecule has 50 heavy (non-hydrogen) atoms. The fraction of sp³-hybridized carbons (Fsp3) is 0.450. The molecule has 5 rings (SSSR count). The largest absolute Gasteiger partial charge is 0.444 e. The Morgan fingerprint density at radius 2 is 1.10 bits per heavy atom. The number of carbonyl (C=O) groups is 4. The van der Waals surface area contributed by atoms with Crippen LogP contribution < -0.4 is 15.1 Å². The quantitative estimate of drug-likeness (QED) is 0.273. The monoisotopic (exact) mass is 683 g/mol. The minimum absolute atomic E-state index is 0.0517. The summed E-state index contributed by atoms with van der Waals surface area (Å²) >= 11 is 0. The Bertz CT molecular complexity index is 1590. The van der Waals surface area contributed by atoms with Crippen molar-refractivity contribution in [2.75, 3.05) is 42.5 Å². The van der Waals surface area contributed by atoms with E-state index in [1.54, 1.807) is 28.5 Å². The normalized spacial score (nSPS) is 17.1. The maximum Gasteiger partial charge on any atom is 0.411 e. The summed E-state index contributed by atoms with van der Waals surface area (Å²) in [4.78, 5) is 57.5. The maximum absolute atomic E-state index is 13.0. The molecule has 10 nitrogen and oxygen atoms in total. The van der Waals surface area contributed by atoms with Gasteiger partial charge in [0.2, 0.25) is 0 Å². The average Bonchev–Trinajstić information content (AvgIpc) is 3.07. The summed E-state index contributed by atoms with van der Waals surface area (Å²) in [5.41, 5.74) is 0.661. The molecule has 268 valence electrons. The zero-order valence-electron chi connectivity index (χ0n) is 30.6. The van der Waals surface area contributed by atoms with Gasteiger partial charge >= 0.3 is 12.1 Å². The van der Waals surface area contributed by atoms with Crippen LogP contribution in [0.25, 0.3) is 0 Å². The van der Waals surface area contributed by atoms with Gasteiger partial charge in [-0.05, 0) is 97.6 Å². The van der Waals surface area contributed by atoms with Gasteiger partial charge in [-0.15, -0.1) is 0 Å². The molecule has 2 aliphatic heterocycles. The van der Waals surface area contributed by atoms with Gasteiger partial charge in [0.1, 0.15) is 16.7 Å². The van der Waals surface area contributed by atoms with E-state index in [0.717, 1.165) is 30.6 Å². The van der Waals surface area contributed by atoms with Crippen molar-refractivity contribution >= 4 is 35.3 Å². The standard InChI is InChI=1S/C23H29N3O2.C17H24N2O3/c1-23(2)21(27)25(20-14-7-4-8-15-20)17-18-26(23)22(28)24-16-10-9-13-19-11-5-3-6-12-19;1-16(2,3)22-15(21)19-12-11-18(14(20)17(19,4)5)13-9-7-6-8-10-13/h3-8,11-12,14-15H,9-10,13,16-18H2,1-2H3,(H,24,28);6-10H,11-12H2,1-5H3. The van der Waals surface area contributed by atoms with Crippen LogP contribution in [0.3, 0.4) is 0 Å². The Morgan fingerprint density at radius 1 is 0.660 bits per heavy atom. The number of piperazine rings is 2. The Kier molecular flexibility index (Phi) is 12.3. The lowest BCUT2D eigenvalue weighted by Gasteiger charge is -2.45. The van der Waals surface area contributed by atoms with Crippen molar-refractivity contribution in [2.24, 2.45) is 0 Å². The number of hydrogen-bond donors (Lipinski definition) is 1. The molecule has 5 amide bonds. The fourth-order valence-corrected chi connectivity index (χ4v) is 6.14. The molecule has 0 unspecified atom stereocenters. The summed E-state index contributed by atoms with van der Waals surface area (Å²) in [5, 5.41) is 2.99. The summed E-state index contributed by atoms with van der Waals surface area (Å²) in [6.07, 6.45) is 2.50. The van der Waals surface area contributed by atoms with Gasteiger partial charge in [0.15, 0.2) is 0 Å². The number of benzene rings is 3. The number of anilines is 2. The number of carbonyl (C=O) groups excluding carboxylic acids is 4. The molecule has 3 aromatic rings. The lowest BCUT2D eigenvalue weighted by Crippen LogP contribution is -2.66. The molecular weight excluding hydrogens is 630 g/mol. The fourth-order valence-electron chi connectivity index (χ4n) is 6.14. The number of ether oxygens (including phenoxy) is 1. The van der Waals surface area contributed by atoms with Crippen LogP contribution in [-0.2, 0) is 20.7 Å². The summed E-state index contributed by atoms with van der Waals surface area (Å²) in [6, 6.07) is 29.3. The van der Waals surface area contributed by atoms with Crippen molar-refractivity contribution in [3.05, 3.63) is 96.6 Å². The average molecular weight is 684 g/mol. The van der Waals surface area contributed by atoms with Gasteiger partial charge in [0, 0.05) is 44.1 Å². The maximum atomic E-state index is 13.0. The summed E-state index contributed by atoms with van der Waals surface area (Å²) < 4.78 is 5.42. The minimum atomic E-state index is -0.934. The van der Waals surface area contributed by atoms with E-state index in [1.165, 1.54) is 10.5 Å². The first-order valence-corrected chi connectivity index (χ1v) is 17.5. The smallest absolute Gasteiger partial charge is 0.411 e. The van der Waals surface area contributed by atoms with E-state index >= 15 is 0 Å². The van der Waals surface area contributed by atoms with E-state index in [9.17, 15) is 19.2 Å². The van der Waals surface area contributed by atoms with Gasteiger partial charge in [0.25, 0.3) is 11.8 Å². The second-order valence-corrected chi connectivity index (χ2v) is 14.7. The predicted octanol–water partition coefficient (Wildman–Crippen LogP) is 6.90. The first kappa shape index (κ1) is 38.0. The van der Waals surface area contributed by atoms with Crippen molar-refractivity contribution in [1.82, 2.24) is 15.1 Å². The summed E-state index contributed by atoms with van der Waals surface area (Å²) in [5.74, 6) is -0.153. The first-order valence-electron chi connectivity index (χ1n) is 17.5. The van der Waals surface area contributed by atoms with Crippen molar-refractivity contribution in [2.45, 2.75) is 84.4 Å². The Morgan fingerprint density at radius 3 is 1.58 bits per heavy atom. The van der Waals surface area contributed by atoms with E-state index < -0.39 is 22.8 Å². The first-order chi connectivity index (χ1) is 23.6. The van der Waals surface area contributed by atoms with Crippen LogP contribution in [0.2, 0.25) is 0 Å². The topological polar surface area (TPSA) is 102 Å². The number of hydrogen-bond acceptors (Lipinski definition) is 5. The van der Waals surface area contributed by atoms with Crippen molar-refractivity contribution in [3.8, 4) is 0 Å². The number of rotatable bonds is 7. The molecule has 0 aromatic heterocycles. The predicted molar refractivity (Wildman–Crippen MR) is 198 cm³/mol. The van der Waals surface area contributed by atoms with Gasteiger partial charge in [-0.25, -0.2) is 9.59 Å². The molecular formula is C40H53N5O5. The van der Waals surface area contributed by atoms with E-state index in [4.69, 9.17) is 4.74 Å². The second kappa shape index (κ2) is 16.2. The second-order valence-electron chi connectivity index (χ2n) is 14.7. The molecule has 0 atom stereocenters. The molecule has 2 heterocycles. The molecule has 0 spiro atoms. The van der Waals surface area contributed by atoms with Crippen molar-refractivity contribution in [3.63, 3.8) is 0 Å². The molecule has 0 radical (unpaired) electrons. The Hall–Kier alpha value is -4.86. The van der Waals surface area contributed by atoms with Gasteiger partial charge in [-0.2, -0.15) is 0 Å². The summed E-state index contributed by atoms with van der Waals surface area (Å²) in [7, 11) is 0. The molecule has 0 aliphatic carbocycles. The van der Waals surface area contributed by atoms with Crippen LogP contribution in [0, 0.1) is 0 Å². The van der Waals surface area contributed by atoms with Crippen LogP contribution in [0.1, 0.15) is 66.9 Å². The zero-order valence-corrected chi connectivity index (χ0v) is 30.6. The molecule has 2 saturated heterocycles. The van der Waals surface area contributed by atoms with Gasteiger partial charge in [-0.3, -0.25) is 14.5 Å².